The molecule has 3 saturated heterocycles. The van der Waals surface area contributed by atoms with Crippen molar-refractivity contribution >= 4 is 11.8 Å². The van der Waals surface area contributed by atoms with E-state index in [1.165, 1.54) is 63.1 Å². The van der Waals surface area contributed by atoms with Gasteiger partial charge in [-0.05, 0) is 50.0 Å². The Morgan fingerprint density at radius 3 is 2.76 bits per heavy atom. The van der Waals surface area contributed by atoms with Crippen molar-refractivity contribution in [3.8, 4) is 0 Å². The van der Waals surface area contributed by atoms with Gasteiger partial charge in [-0.25, -0.2) is 0 Å². The molecule has 21 heavy (non-hydrogen) atoms. The molecule has 0 aliphatic carbocycles. The number of ether oxygens (including phenoxy) is 1. The number of nitrogens with zero attached hydrogens (tertiary/aromatic N) is 1. The highest BCUT2D eigenvalue weighted by Crippen LogP contribution is 2.39. The van der Waals surface area contributed by atoms with Gasteiger partial charge in [-0.15, -0.1) is 0 Å². The second-order valence-electron chi connectivity index (χ2n) is 7.06. The fraction of sp³-hybridized carbons (Fsp3) is 1.00. The SMILES string of the molecule is CCC1CN(C2CCOC3(CCSCC3)C2)C(CC)CN1. The minimum Gasteiger partial charge on any atom is -0.375 e. The molecule has 1 N–H and O–H groups in total. The van der Waals surface area contributed by atoms with Crippen molar-refractivity contribution in [2.75, 3.05) is 31.2 Å². The van der Waals surface area contributed by atoms with Crippen LogP contribution >= 0.6 is 11.8 Å². The van der Waals surface area contributed by atoms with E-state index in [9.17, 15) is 0 Å². The molecule has 3 aliphatic heterocycles. The molecule has 3 atom stereocenters. The quantitative estimate of drug-likeness (QED) is 0.866. The fourth-order valence-electron chi connectivity index (χ4n) is 4.36. The molecule has 3 nitrogen and oxygen atoms in total. The van der Waals surface area contributed by atoms with E-state index in [1.807, 2.05) is 0 Å². The third kappa shape index (κ3) is 3.60. The Hall–Kier alpha value is 0.230. The van der Waals surface area contributed by atoms with Crippen molar-refractivity contribution in [3.63, 3.8) is 0 Å². The molecule has 3 rings (SSSR count). The molecule has 3 heterocycles. The van der Waals surface area contributed by atoms with Crippen LogP contribution in [0.4, 0.5) is 0 Å². The van der Waals surface area contributed by atoms with E-state index >= 15 is 0 Å². The van der Waals surface area contributed by atoms with Crippen molar-refractivity contribution in [2.45, 2.75) is 76.1 Å². The lowest BCUT2D eigenvalue weighted by Gasteiger charge is -2.50. The van der Waals surface area contributed by atoms with Crippen molar-refractivity contribution in [3.05, 3.63) is 0 Å². The highest BCUT2D eigenvalue weighted by molar-refractivity contribution is 7.99. The number of piperazine rings is 1. The van der Waals surface area contributed by atoms with Gasteiger partial charge in [0.15, 0.2) is 0 Å². The van der Waals surface area contributed by atoms with Gasteiger partial charge in [0.25, 0.3) is 0 Å². The summed E-state index contributed by atoms with van der Waals surface area (Å²) in [5, 5.41) is 3.73. The largest absolute Gasteiger partial charge is 0.375 e. The summed E-state index contributed by atoms with van der Waals surface area (Å²) in [5.74, 6) is 2.59. The molecule has 1 spiro atoms. The van der Waals surface area contributed by atoms with Crippen molar-refractivity contribution in [1.82, 2.24) is 10.2 Å². The van der Waals surface area contributed by atoms with Gasteiger partial charge >= 0.3 is 0 Å². The van der Waals surface area contributed by atoms with Crippen LogP contribution < -0.4 is 5.32 Å². The van der Waals surface area contributed by atoms with Gasteiger partial charge in [0, 0.05) is 37.8 Å². The zero-order chi connectivity index (χ0) is 14.7. The third-order valence-corrected chi connectivity index (χ3v) is 6.83. The molecule has 0 saturated carbocycles. The van der Waals surface area contributed by atoms with E-state index < -0.39 is 0 Å². The minimum atomic E-state index is 0.221. The topological polar surface area (TPSA) is 24.5 Å². The van der Waals surface area contributed by atoms with Crippen LogP contribution in [0.2, 0.25) is 0 Å². The summed E-state index contributed by atoms with van der Waals surface area (Å²) < 4.78 is 6.29. The summed E-state index contributed by atoms with van der Waals surface area (Å²) in [6, 6.07) is 2.17. The molecule has 0 bridgehead atoms. The fourth-order valence-corrected chi connectivity index (χ4v) is 5.60. The van der Waals surface area contributed by atoms with Crippen LogP contribution in [0.3, 0.4) is 0 Å². The lowest BCUT2D eigenvalue weighted by atomic mass is 9.83. The zero-order valence-electron chi connectivity index (χ0n) is 13.8. The monoisotopic (exact) mass is 312 g/mol. The molecule has 3 aliphatic rings. The van der Waals surface area contributed by atoms with Crippen LogP contribution in [0.1, 0.15) is 52.4 Å². The number of nitrogens with one attached hydrogen (secondary N) is 1. The molecule has 0 aromatic rings. The molecule has 122 valence electrons. The van der Waals surface area contributed by atoms with Crippen LogP contribution in [0.5, 0.6) is 0 Å². The first-order chi connectivity index (χ1) is 10.3. The summed E-state index contributed by atoms with van der Waals surface area (Å²) in [4.78, 5) is 2.84. The van der Waals surface area contributed by atoms with Gasteiger partial charge in [-0.2, -0.15) is 11.8 Å². The Balaban J connectivity index is 1.68. The van der Waals surface area contributed by atoms with E-state index in [2.05, 4.69) is 35.8 Å². The van der Waals surface area contributed by atoms with E-state index in [0.29, 0.717) is 6.04 Å². The summed E-state index contributed by atoms with van der Waals surface area (Å²) in [6.45, 7) is 8.05. The maximum absolute atomic E-state index is 6.29. The first kappa shape index (κ1) is 16.1. The molecular weight excluding hydrogens is 280 g/mol. The Kier molecular flexibility index (Phi) is 5.52. The number of thioether (sulfide) groups is 1. The van der Waals surface area contributed by atoms with Crippen LogP contribution in [0.25, 0.3) is 0 Å². The predicted octanol–water partition coefficient (Wildman–Crippen LogP) is 2.89. The maximum atomic E-state index is 6.29. The first-order valence-corrected chi connectivity index (χ1v) is 10.1. The Labute approximate surface area is 134 Å². The summed E-state index contributed by atoms with van der Waals surface area (Å²) in [5.41, 5.74) is 0.221. The molecule has 3 fully saturated rings. The van der Waals surface area contributed by atoms with Gasteiger partial charge in [-0.3, -0.25) is 4.90 Å². The van der Waals surface area contributed by atoms with Crippen LogP contribution in [-0.4, -0.2) is 59.8 Å². The summed E-state index contributed by atoms with van der Waals surface area (Å²) in [7, 11) is 0. The van der Waals surface area contributed by atoms with Gasteiger partial charge < -0.3 is 10.1 Å². The highest BCUT2D eigenvalue weighted by atomic mass is 32.2. The Morgan fingerprint density at radius 1 is 1.24 bits per heavy atom. The third-order valence-electron chi connectivity index (χ3n) is 5.85. The molecule has 0 amide bonds. The molecule has 0 aromatic carbocycles. The first-order valence-electron chi connectivity index (χ1n) is 8.97. The minimum absolute atomic E-state index is 0.221. The number of hydrogen-bond acceptors (Lipinski definition) is 4. The molecule has 3 unspecified atom stereocenters. The lowest BCUT2D eigenvalue weighted by Crippen LogP contribution is -2.61. The van der Waals surface area contributed by atoms with Gasteiger partial charge in [0.05, 0.1) is 5.60 Å². The normalized spacial score (nSPS) is 37.7. The maximum Gasteiger partial charge on any atom is 0.0713 e. The highest BCUT2D eigenvalue weighted by Gasteiger charge is 2.42. The second-order valence-corrected chi connectivity index (χ2v) is 8.29. The van der Waals surface area contributed by atoms with Gasteiger partial charge in [0.2, 0.25) is 0 Å². The second kappa shape index (κ2) is 7.20. The Morgan fingerprint density at radius 2 is 2.05 bits per heavy atom. The number of hydrogen-bond donors (Lipinski definition) is 1. The molecule has 4 heteroatoms. The summed E-state index contributed by atoms with van der Waals surface area (Å²) in [6.07, 6.45) is 7.58. The molecule has 0 radical (unpaired) electrons. The summed E-state index contributed by atoms with van der Waals surface area (Å²) >= 11 is 2.10. The van der Waals surface area contributed by atoms with Crippen molar-refractivity contribution in [1.29, 1.82) is 0 Å². The van der Waals surface area contributed by atoms with E-state index in [-0.39, 0.29) is 5.60 Å². The van der Waals surface area contributed by atoms with E-state index in [1.54, 1.807) is 0 Å². The van der Waals surface area contributed by atoms with Gasteiger partial charge in [0.1, 0.15) is 0 Å². The molecule has 0 aromatic heterocycles. The van der Waals surface area contributed by atoms with E-state index in [4.69, 9.17) is 4.74 Å². The Bertz CT molecular complexity index is 327. The smallest absolute Gasteiger partial charge is 0.0713 e. The average Bonchev–Trinajstić information content (AvgIpc) is 2.55. The number of rotatable bonds is 3. The van der Waals surface area contributed by atoms with Crippen LogP contribution in [0, 0.1) is 0 Å². The molecular formula is C17H32N2OS. The predicted molar refractivity (Wildman–Crippen MR) is 91.1 cm³/mol. The van der Waals surface area contributed by atoms with Gasteiger partial charge in [-0.1, -0.05) is 13.8 Å². The van der Waals surface area contributed by atoms with Crippen LogP contribution in [0.15, 0.2) is 0 Å². The standard InChI is InChI=1S/C17H32N2OS/c1-3-14-13-19(15(4-2)12-18-14)16-5-8-20-17(11-16)6-9-21-10-7-17/h14-16,18H,3-13H2,1-2H3. The van der Waals surface area contributed by atoms with Crippen LogP contribution in [-0.2, 0) is 4.74 Å². The van der Waals surface area contributed by atoms with Crippen molar-refractivity contribution in [2.24, 2.45) is 0 Å². The lowest BCUT2D eigenvalue weighted by molar-refractivity contribution is -0.118. The average molecular weight is 313 g/mol. The van der Waals surface area contributed by atoms with Crippen molar-refractivity contribution < 1.29 is 4.74 Å². The zero-order valence-corrected chi connectivity index (χ0v) is 14.6. The van der Waals surface area contributed by atoms with E-state index in [0.717, 1.165) is 18.7 Å².